The minimum absolute atomic E-state index is 0.0120. The molecule has 3 amide bonds. The van der Waals surface area contributed by atoms with Crippen LogP contribution in [-0.4, -0.2) is 41.9 Å². The molecule has 1 saturated heterocycles. The second-order valence-electron chi connectivity index (χ2n) is 7.78. The molecule has 168 valence electrons. The molecular formula is C23H24BrN3O5. The Kier molecular flexibility index (Phi) is 7.29. The number of aryl methyl sites for hydroxylation is 3. The first-order valence-corrected chi connectivity index (χ1v) is 10.8. The van der Waals surface area contributed by atoms with Gasteiger partial charge in [0.25, 0.3) is 11.8 Å². The molecule has 0 spiro atoms. The lowest BCUT2D eigenvalue weighted by molar-refractivity contribution is -0.151. The van der Waals surface area contributed by atoms with E-state index >= 15 is 0 Å². The number of carbonyl (C=O) groups is 4. The maximum absolute atomic E-state index is 12.4. The number of nitrogens with one attached hydrogen (secondary N) is 2. The highest BCUT2D eigenvalue weighted by Crippen LogP contribution is 2.24. The van der Waals surface area contributed by atoms with Gasteiger partial charge in [0, 0.05) is 22.1 Å². The summed E-state index contributed by atoms with van der Waals surface area (Å²) in [5.74, 6) is -2.73. The molecular weight excluding hydrogens is 478 g/mol. The van der Waals surface area contributed by atoms with Crippen LogP contribution in [-0.2, 0) is 19.1 Å². The van der Waals surface area contributed by atoms with Gasteiger partial charge >= 0.3 is 5.97 Å². The minimum atomic E-state index is -0.759. The standard InChI is InChI=1S/C23H24BrN3O5/c1-13-4-6-16(7-5-13)22(30)26-27-11-17(10-21(27)29)23(31)32-12-20(28)25-19-9-14(2)18(24)8-15(19)3/h4-9,17H,10-12H2,1-3H3,(H,25,28)(H,26,30)/t17-/m0/s1. The van der Waals surface area contributed by atoms with Crippen LogP contribution in [0.3, 0.4) is 0 Å². The maximum atomic E-state index is 12.4. The van der Waals surface area contributed by atoms with Crippen molar-refractivity contribution in [3.8, 4) is 0 Å². The number of benzene rings is 2. The number of esters is 1. The fourth-order valence-electron chi connectivity index (χ4n) is 3.22. The molecule has 3 rings (SSSR count). The third-order valence-corrected chi connectivity index (χ3v) is 5.99. The Hall–Kier alpha value is -3.20. The first-order chi connectivity index (χ1) is 15.1. The number of hydrogen-bond acceptors (Lipinski definition) is 5. The number of hydrogen-bond donors (Lipinski definition) is 2. The third kappa shape index (κ3) is 5.73. The number of amides is 3. The first kappa shape index (κ1) is 23.5. The van der Waals surface area contributed by atoms with E-state index < -0.39 is 36.2 Å². The average molecular weight is 502 g/mol. The van der Waals surface area contributed by atoms with E-state index in [0.29, 0.717) is 11.3 Å². The van der Waals surface area contributed by atoms with Gasteiger partial charge in [-0.15, -0.1) is 0 Å². The number of rotatable bonds is 6. The molecule has 0 bridgehead atoms. The zero-order valence-corrected chi connectivity index (χ0v) is 19.6. The van der Waals surface area contributed by atoms with Crippen molar-refractivity contribution in [1.82, 2.24) is 10.4 Å². The van der Waals surface area contributed by atoms with Crippen LogP contribution in [0.4, 0.5) is 5.69 Å². The molecule has 0 aromatic heterocycles. The highest BCUT2D eigenvalue weighted by Gasteiger charge is 2.36. The zero-order valence-electron chi connectivity index (χ0n) is 18.0. The van der Waals surface area contributed by atoms with E-state index in [0.717, 1.165) is 26.2 Å². The lowest BCUT2D eigenvalue weighted by Crippen LogP contribution is -2.43. The molecule has 1 heterocycles. The molecule has 1 aliphatic rings. The van der Waals surface area contributed by atoms with Crippen LogP contribution >= 0.6 is 15.9 Å². The molecule has 8 nitrogen and oxygen atoms in total. The number of halogens is 1. The lowest BCUT2D eigenvalue weighted by atomic mass is 10.1. The summed E-state index contributed by atoms with van der Waals surface area (Å²) in [6.45, 7) is 5.19. The molecule has 2 N–H and O–H groups in total. The number of hydrazine groups is 1. The summed E-state index contributed by atoms with van der Waals surface area (Å²) in [5, 5.41) is 3.83. The topological polar surface area (TPSA) is 105 Å². The molecule has 0 unspecified atom stereocenters. The number of carbonyl (C=O) groups excluding carboxylic acids is 4. The monoisotopic (exact) mass is 501 g/mol. The van der Waals surface area contributed by atoms with Gasteiger partial charge in [0.05, 0.1) is 12.5 Å². The van der Waals surface area contributed by atoms with E-state index in [2.05, 4.69) is 26.7 Å². The van der Waals surface area contributed by atoms with Crippen molar-refractivity contribution in [1.29, 1.82) is 0 Å². The Labute approximate surface area is 194 Å². The van der Waals surface area contributed by atoms with Gasteiger partial charge in [-0.2, -0.15) is 0 Å². The van der Waals surface area contributed by atoms with Crippen molar-refractivity contribution >= 4 is 45.3 Å². The number of anilines is 1. The third-order valence-electron chi connectivity index (χ3n) is 5.13. The van der Waals surface area contributed by atoms with Gasteiger partial charge in [-0.3, -0.25) is 29.6 Å². The quantitative estimate of drug-likeness (QED) is 0.591. The second kappa shape index (κ2) is 9.95. The Morgan fingerprint density at radius 2 is 1.78 bits per heavy atom. The minimum Gasteiger partial charge on any atom is -0.455 e. The van der Waals surface area contributed by atoms with Gasteiger partial charge in [-0.1, -0.05) is 33.6 Å². The summed E-state index contributed by atoms with van der Waals surface area (Å²) in [5.41, 5.74) is 6.39. The fraction of sp³-hybridized carbons (Fsp3) is 0.304. The van der Waals surface area contributed by atoms with E-state index in [1.165, 1.54) is 0 Å². The molecule has 1 atom stereocenters. The number of ether oxygens (including phenoxy) is 1. The molecule has 0 saturated carbocycles. The summed E-state index contributed by atoms with van der Waals surface area (Å²) in [6.07, 6.45) is -0.0976. The smallest absolute Gasteiger partial charge is 0.311 e. The van der Waals surface area contributed by atoms with Crippen LogP contribution < -0.4 is 10.7 Å². The normalized spacial score (nSPS) is 15.4. The van der Waals surface area contributed by atoms with Gasteiger partial charge in [0.1, 0.15) is 0 Å². The molecule has 1 aliphatic heterocycles. The summed E-state index contributed by atoms with van der Waals surface area (Å²) < 4.78 is 6.04. The zero-order chi connectivity index (χ0) is 23.4. The summed E-state index contributed by atoms with van der Waals surface area (Å²) in [4.78, 5) is 49.1. The van der Waals surface area contributed by atoms with E-state index in [9.17, 15) is 19.2 Å². The Bertz CT molecular complexity index is 1070. The van der Waals surface area contributed by atoms with Crippen LogP contribution in [0.2, 0.25) is 0 Å². The van der Waals surface area contributed by atoms with E-state index in [-0.39, 0.29) is 13.0 Å². The van der Waals surface area contributed by atoms with Crippen LogP contribution in [0.1, 0.15) is 33.5 Å². The first-order valence-electron chi connectivity index (χ1n) is 10.1. The second-order valence-corrected chi connectivity index (χ2v) is 8.64. The van der Waals surface area contributed by atoms with Crippen molar-refractivity contribution in [2.75, 3.05) is 18.5 Å². The number of nitrogens with zero attached hydrogens (tertiary/aromatic N) is 1. The Morgan fingerprint density at radius 3 is 2.47 bits per heavy atom. The largest absolute Gasteiger partial charge is 0.455 e. The predicted octanol–water partition coefficient (Wildman–Crippen LogP) is 3.05. The van der Waals surface area contributed by atoms with Gasteiger partial charge in [-0.25, -0.2) is 0 Å². The molecule has 2 aromatic rings. The lowest BCUT2D eigenvalue weighted by Gasteiger charge is -2.17. The van der Waals surface area contributed by atoms with Crippen molar-refractivity contribution in [2.24, 2.45) is 5.92 Å². The molecule has 0 aliphatic carbocycles. The molecule has 32 heavy (non-hydrogen) atoms. The van der Waals surface area contributed by atoms with Crippen LogP contribution in [0.15, 0.2) is 40.9 Å². The van der Waals surface area contributed by atoms with Crippen LogP contribution in [0, 0.1) is 26.7 Å². The van der Waals surface area contributed by atoms with Gasteiger partial charge in [0.15, 0.2) is 6.61 Å². The van der Waals surface area contributed by atoms with Crippen LogP contribution in [0.25, 0.3) is 0 Å². The Balaban J connectivity index is 1.50. The van der Waals surface area contributed by atoms with Crippen LogP contribution in [0.5, 0.6) is 0 Å². The Morgan fingerprint density at radius 1 is 1.09 bits per heavy atom. The SMILES string of the molecule is Cc1ccc(C(=O)NN2C[C@@H](C(=O)OCC(=O)Nc3cc(C)c(Br)cc3C)CC2=O)cc1. The average Bonchev–Trinajstić information content (AvgIpc) is 3.11. The van der Waals surface area contributed by atoms with Gasteiger partial charge in [-0.05, 0) is 56.2 Å². The van der Waals surface area contributed by atoms with E-state index in [1.54, 1.807) is 24.3 Å². The van der Waals surface area contributed by atoms with Gasteiger partial charge in [0.2, 0.25) is 5.91 Å². The predicted molar refractivity (Wildman–Crippen MR) is 122 cm³/mol. The molecule has 9 heteroatoms. The van der Waals surface area contributed by atoms with Crippen molar-refractivity contribution < 1.29 is 23.9 Å². The summed E-state index contributed by atoms with van der Waals surface area (Å²) in [6, 6.07) is 10.6. The molecule has 0 radical (unpaired) electrons. The van der Waals surface area contributed by atoms with E-state index in [1.807, 2.05) is 32.9 Å². The maximum Gasteiger partial charge on any atom is 0.311 e. The highest BCUT2D eigenvalue weighted by atomic mass is 79.9. The molecule has 2 aromatic carbocycles. The van der Waals surface area contributed by atoms with Gasteiger partial charge < -0.3 is 10.1 Å². The van der Waals surface area contributed by atoms with Crippen molar-refractivity contribution in [3.05, 3.63) is 63.1 Å². The molecule has 1 fully saturated rings. The fourth-order valence-corrected chi connectivity index (χ4v) is 3.68. The highest BCUT2D eigenvalue weighted by molar-refractivity contribution is 9.10. The van der Waals surface area contributed by atoms with E-state index in [4.69, 9.17) is 4.74 Å². The summed E-state index contributed by atoms with van der Waals surface area (Å²) in [7, 11) is 0. The van der Waals surface area contributed by atoms with Crippen molar-refractivity contribution in [2.45, 2.75) is 27.2 Å². The summed E-state index contributed by atoms with van der Waals surface area (Å²) >= 11 is 3.43. The van der Waals surface area contributed by atoms with Crippen molar-refractivity contribution in [3.63, 3.8) is 0 Å².